The van der Waals surface area contributed by atoms with Crippen molar-refractivity contribution in [3.05, 3.63) is 78.5 Å². The van der Waals surface area contributed by atoms with Crippen molar-refractivity contribution in [1.82, 2.24) is 4.57 Å². The van der Waals surface area contributed by atoms with Gasteiger partial charge in [0, 0.05) is 5.56 Å². The number of hydrogen-bond acceptors (Lipinski definition) is 9. The van der Waals surface area contributed by atoms with Crippen molar-refractivity contribution in [2.45, 2.75) is 47.6 Å². The lowest BCUT2D eigenvalue weighted by molar-refractivity contribution is -0.139. The summed E-state index contributed by atoms with van der Waals surface area (Å²) in [5.74, 6) is 2.04. The maximum Gasteiger partial charge on any atom is 0.338 e. The monoisotopic (exact) mass is 594 g/mol. The molecular formula is C32H38N2O7S. The first kappa shape index (κ1) is 30.9. The van der Waals surface area contributed by atoms with Gasteiger partial charge >= 0.3 is 5.97 Å². The van der Waals surface area contributed by atoms with Crippen molar-refractivity contribution < 1.29 is 28.5 Å². The van der Waals surface area contributed by atoms with E-state index >= 15 is 0 Å². The second-order valence-corrected chi connectivity index (χ2v) is 11.0. The summed E-state index contributed by atoms with van der Waals surface area (Å²) in [4.78, 5) is 32.5. The van der Waals surface area contributed by atoms with Gasteiger partial charge in [-0.2, -0.15) is 0 Å². The number of thiazole rings is 1. The molecule has 1 aromatic heterocycles. The highest BCUT2D eigenvalue weighted by atomic mass is 32.1. The molecule has 1 aliphatic rings. The fourth-order valence-electron chi connectivity index (χ4n) is 4.70. The van der Waals surface area contributed by atoms with E-state index in [1.165, 1.54) is 15.9 Å². The van der Waals surface area contributed by atoms with Crippen LogP contribution in [0.15, 0.2) is 57.5 Å². The lowest BCUT2D eigenvalue weighted by Gasteiger charge is -2.26. The van der Waals surface area contributed by atoms with Crippen molar-refractivity contribution in [2.75, 3.05) is 33.5 Å². The van der Waals surface area contributed by atoms with E-state index in [1.807, 2.05) is 44.2 Å². The number of methoxy groups -OCH3 is 1. The van der Waals surface area contributed by atoms with Gasteiger partial charge in [0.15, 0.2) is 27.8 Å². The van der Waals surface area contributed by atoms with Crippen LogP contribution >= 0.6 is 11.3 Å². The van der Waals surface area contributed by atoms with E-state index in [-0.39, 0.29) is 17.7 Å². The van der Waals surface area contributed by atoms with Gasteiger partial charge in [-0.25, -0.2) is 9.79 Å². The van der Waals surface area contributed by atoms with E-state index in [0.29, 0.717) is 69.3 Å². The Labute approximate surface area is 249 Å². The van der Waals surface area contributed by atoms with Crippen LogP contribution < -0.4 is 33.8 Å². The molecule has 0 spiro atoms. The van der Waals surface area contributed by atoms with Gasteiger partial charge in [0.1, 0.15) is 6.04 Å². The van der Waals surface area contributed by atoms with E-state index in [1.54, 1.807) is 33.1 Å². The van der Waals surface area contributed by atoms with Gasteiger partial charge < -0.3 is 23.7 Å². The largest absolute Gasteiger partial charge is 0.493 e. The van der Waals surface area contributed by atoms with Crippen LogP contribution in [-0.4, -0.2) is 44.1 Å². The van der Waals surface area contributed by atoms with E-state index < -0.39 is 12.0 Å². The number of fused-ring (bicyclic) bond motifs is 1. The molecule has 0 N–H and O–H groups in total. The first-order valence-corrected chi connectivity index (χ1v) is 14.9. The third-order valence-corrected chi connectivity index (χ3v) is 7.45. The molecule has 42 heavy (non-hydrogen) atoms. The van der Waals surface area contributed by atoms with Crippen LogP contribution in [0, 0.1) is 5.92 Å². The van der Waals surface area contributed by atoms with Crippen LogP contribution in [-0.2, 0) is 9.53 Å². The molecular weight excluding hydrogens is 556 g/mol. The zero-order valence-corrected chi connectivity index (χ0v) is 26.0. The Morgan fingerprint density at radius 1 is 1.02 bits per heavy atom. The molecule has 0 aliphatic carbocycles. The van der Waals surface area contributed by atoms with Crippen molar-refractivity contribution in [3.63, 3.8) is 0 Å². The molecule has 0 saturated carbocycles. The molecule has 0 bridgehead atoms. The van der Waals surface area contributed by atoms with Crippen LogP contribution in [0.5, 0.6) is 23.0 Å². The Kier molecular flexibility index (Phi) is 10.1. The van der Waals surface area contributed by atoms with Crippen LogP contribution in [0.25, 0.3) is 6.08 Å². The summed E-state index contributed by atoms with van der Waals surface area (Å²) < 4.78 is 30.8. The van der Waals surface area contributed by atoms with Gasteiger partial charge in [0.25, 0.3) is 5.56 Å². The molecule has 9 nitrogen and oxygen atoms in total. The number of para-hydroxylation sites is 1. The zero-order chi connectivity index (χ0) is 30.4. The van der Waals surface area contributed by atoms with E-state index in [9.17, 15) is 9.59 Å². The zero-order valence-electron chi connectivity index (χ0n) is 25.2. The van der Waals surface area contributed by atoms with Crippen LogP contribution in [0.2, 0.25) is 0 Å². The number of carbonyl (C=O) groups excluding carboxylic acids is 1. The molecule has 2 heterocycles. The average Bonchev–Trinajstić information content (AvgIpc) is 3.26. The molecule has 0 unspecified atom stereocenters. The number of esters is 1. The van der Waals surface area contributed by atoms with E-state index in [2.05, 4.69) is 18.8 Å². The van der Waals surface area contributed by atoms with Gasteiger partial charge in [-0.15, -0.1) is 0 Å². The van der Waals surface area contributed by atoms with Crippen molar-refractivity contribution in [1.29, 1.82) is 0 Å². The lowest BCUT2D eigenvalue weighted by Crippen LogP contribution is -2.40. The second-order valence-electron chi connectivity index (χ2n) is 9.96. The Balaban J connectivity index is 1.92. The standard InChI is InChI=1S/C32H38N2O7S/c1-8-38-25-16-21(14-15-23(25)41-18-19(4)5)17-26-30(35)34-28(22-12-11-13-24(37-7)29(22)39-9-2)27(31(36)40-10-3)20(6)33-32(34)42-26/h11-17,19,28H,8-10,18H2,1-7H3/b26-17+/t28-/m1/s1. The van der Waals surface area contributed by atoms with Crippen molar-refractivity contribution in [3.8, 4) is 23.0 Å². The maximum absolute atomic E-state index is 14.1. The molecule has 4 rings (SSSR count). The normalized spacial score (nSPS) is 14.9. The Morgan fingerprint density at radius 3 is 2.45 bits per heavy atom. The highest BCUT2D eigenvalue weighted by molar-refractivity contribution is 7.07. The quantitative estimate of drug-likeness (QED) is 0.282. The van der Waals surface area contributed by atoms with Crippen LogP contribution in [0.3, 0.4) is 0 Å². The number of rotatable bonds is 12. The summed E-state index contributed by atoms with van der Waals surface area (Å²) in [6, 6.07) is 10.2. The minimum absolute atomic E-state index is 0.183. The SMILES string of the molecule is CCOC(=O)C1=C(C)N=c2s/c(=C/c3ccc(OCC(C)C)c(OCC)c3)c(=O)n2[C@@H]1c1cccc(OC)c1OCC. The Hall–Kier alpha value is -4.05. The van der Waals surface area contributed by atoms with Gasteiger partial charge in [0.05, 0.1) is 49.3 Å². The fraction of sp³-hybridized carbons (Fsp3) is 0.406. The molecule has 0 radical (unpaired) electrons. The average molecular weight is 595 g/mol. The number of carbonyl (C=O) groups is 1. The van der Waals surface area contributed by atoms with Crippen LogP contribution in [0.1, 0.15) is 58.7 Å². The smallest absolute Gasteiger partial charge is 0.338 e. The summed E-state index contributed by atoms with van der Waals surface area (Å²) in [7, 11) is 1.55. The Bertz CT molecular complexity index is 1650. The third kappa shape index (κ3) is 6.38. The molecule has 224 valence electrons. The number of aromatic nitrogens is 1. The number of ether oxygens (including phenoxy) is 5. The van der Waals surface area contributed by atoms with Gasteiger partial charge in [-0.1, -0.05) is 43.4 Å². The molecule has 2 aromatic carbocycles. The molecule has 3 aromatic rings. The second kappa shape index (κ2) is 13.7. The first-order valence-electron chi connectivity index (χ1n) is 14.1. The molecule has 0 amide bonds. The topological polar surface area (TPSA) is 97.6 Å². The minimum Gasteiger partial charge on any atom is -0.493 e. The van der Waals surface area contributed by atoms with Crippen molar-refractivity contribution in [2.24, 2.45) is 10.9 Å². The first-order chi connectivity index (χ1) is 20.2. The molecule has 0 saturated heterocycles. The predicted molar refractivity (Wildman–Crippen MR) is 163 cm³/mol. The Morgan fingerprint density at radius 2 is 1.79 bits per heavy atom. The summed E-state index contributed by atoms with van der Waals surface area (Å²) in [5.41, 5.74) is 1.83. The van der Waals surface area contributed by atoms with Crippen LogP contribution in [0.4, 0.5) is 0 Å². The van der Waals surface area contributed by atoms with Gasteiger partial charge in [-0.3, -0.25) is 9.36 Å². The number of hydrogen-bond donors (Lipinski definition) is 0. The number of allylic oxidation sites excluding steroid dienone is 1. The van der Waals surface area contributed by atoms with Gasteiger partial charge in [-0.05, 0) is 63.5 Å². The number of nitrogens with zero attached hydrogens (tertiary/aromatic N) is 2. The molecule has 0 fully saturated rings. The predicted octanol–water partition coefficient (Wildman–Crippen LogP) is 4.64. The minimum atomic E-state index is -0.829. The summed E-state index contributed by atoms with van der Waals surface area (Å²) in [6.07, 6.45) is 1.80. The summed E-state index contributed by atoms with van der Waals surface area (Å²) in [6.45, 7) is 13.0. The summed E-state index contributed by atoms with van der Waals surface area (Å²) >= 11 is 1.25. The maximum atomic E-state index is 14.1. The number of benzene rings is 2. The highest BCUT2D eigenvalue weighted by Crippen LogP contribution is 2.40. The molecule has 1 aliphatic heterocycles. The highest BCUT2D eigenvalue weighted by Gasteiger charge is 2.36. The van der Waals surface area contributed by atoms with Crippen molar-refractivity contribution >= 4 is 23.4 Å². The third-order valence-electron chi connectivity index (χ3n) is 6.47. The summed E-state index contributed by atoms with van der Waals surface area (Å²) in [5, 5.41) is 0. The van der Waals surface area contributed by atoms with E-state index in [0.717, 1.165) is 5.56 Å². The van der Waals surface area contributed by atoms with Gasteiger partial charge in [0.2, 0.25) is 0 Å². The fourth-order valence-corrected chi connectivity index (χ4v) is 5.75. The molecule has 1 atom stereocenters. The van der Waals surface area contributed by atoms with E-state index in [4.69, 9.17) is 23.7 Å². The molecule has 10 heteroatoms. The lowest BCUT2D eigenvalue weighted by atomic mass is 9.94.